The van der Waals surface area contributed by atoms with Crippen LogP contribution in [0.3, 0.4) is 0 Å². The molecule has 29 heavy (non-hydrogen) atoms. The number of aromatic nitrogens is 1. The van der Waals surface area contributed by atoms with E-state index in [1.54, 1.807) is 24.3 Å². The third-order valence-electron chi connectivity index (χ3n) is 5.04. The Hall–Kier alpha value is -3.20. The van der Waals surface area contributed by atoms with Crippen LogP contribution in [0.1, 0.15) is 21.5 Å². The number of anilines is 1. The fourth-order valence-corrected chi connectivity index (χ4v) is 4.12. The van der Waals surface area contributed by atoms with E-state index >= 15 is 0 Å². The molecular weight excluding hydrogens is 397 g/mol. The number of amides is 1. The van der Waals surface area contributed by atoms with Gasteiger partial charge in [-0.25, -0.2) is 12.8 Å². The van der Waals surface area contributed by atoms with Crippen LogP contribution in [0.15, 0.2) is 42.6 Å². The fraction of sp³-hybridized carbons (Fsp3) is 0.200. The van der Waals surface area contributed by atoms with Crippen molar-refractivity contribution in [1.29, 1.82) is 0 Å². The Kier molecular flexibility index (Phi) is 4.42. The minimum atomic E-state index is -3.65. The summed E-state index contributed by atoms with van der Waals surface area (Å²) in [6.45, 7) is 0.236. The molecule has 2 aromatic carbocycles. The van der Waals surface area contributed by atoms with E-state index in [1.807, 2.05) is 0 Å². The average Bonchev–Trinajstić information content (AvgIpc) is 2.99. The lowest BCUT2D eigenvalue weighted by atomic mass is 10.0. The van der Waals surface area contributed by atoms with Gasteiger partial charge in [-0.3, -0.25) is 14.1 Å². The molecule has 0 saturated heterocycles. The topological polar surface area (TPSA) is 93.6 Å². The summed E-state index contributed by atoms with van der Waals surface area (Å²) in [5.74, 6) is -1.40. The van der Waals surface area contributed by atoms with Gasteiger partial charge in [-0.1, -0.05) is 17.9 Å². The van der Waals surface area contributed by atoms with Crippen molar-refractivity contribution < 1.29 is 22.7 Å². The van der Waals surface area contributed by atoms with E-state index in [-0.39, 0.29) is 35.7 Å². The number of nitrogens with zero attached hydrogens (tertiary/aromatic N) is 3. The van der Waals surface area contributed by atoms with Gasteiger partial charge in [0.25, 0.3) is 5.91 Å². The Morgan fingerprint density at radius 2 is 1.93 bits per heavy atom. The van der Waals surface area contributed by atoms with E-state index in [4.69, 9.17) is 0 Å². The second-order valence-electron chi connectivity index (χ2n) is 6.95. The summed E-state index contributed by atoms with van der Waals surface area (Å²) >= 11 is 0. The zero-order valence-corrected chi connectivity index (χ0v) is 16.5. The molecule has 0 unspecified atom stereocenters. The number of benzene rings is 2. The summed E-state index contributed by atoms with van der Waals surface area (Å²) in [6, 6.07) is 8.94. The monoisotopic (exact) mass is 414 g/mol. The molecule has 0 atom stereocenters. The number of carbonyl (C=O) groups excluding carboxylic acids is 1. The highest BCUT2D eigenvalue weighted by atomic mass is 32.2. The number of hydrogen-bond donors (Lipinski definition) is 0. The Bertz CT molecular complexity index is 1240. The molecule has 1 aliphatic heterocycles. The van der Waals surface area contributed by atoms with E-state index in [2.05, 4.69) is 4.98 Å². The molecule has 0 saturated carbocycles. The van der Waals surface area contributed by atoms with Gasteiger partial charge in [0.1, 0.15) is 5.82 Å². The highest BCUT2D eigenvalue weighted by molar-refractivity contribution is 7.92. The summed E-state index contributed by atoms with van der Waals surface area (Å²) in [4.78, 5) is 18.5. The van der Waals surface area contributed by atoms with Crippen molar-refractivity contribution in [3.05, 3.63) is 65.1 Å². The molecule has 2 heterocycles. The van der Waals surface area contributed by atoms with Crippen LogP contribution in [0, 0.1) is 5.82 Å². The summed E-state index contributed by atoms with van der Waals surface area (Å²) in [5.41, 5.74) is 1.31. The van der Waals surface area contributed by atoms with Gasteiger partial charge in [-0.15, -0.1) is 0 Å². The number of sulfonamides is 1. The van der Waals surface area contributed by atoms with Gasteiger partial charge >= 0.3 is 0 Å². The molecule has 0 N–H and O–H groups in total. The van der Waals surface area contributed by atoms with E-state index in [1.165, 1.54) is 30.3 Å². The summed E-state index contributed by atoms with van der Waals surface area (Å²) in [5, 5.41) is 13.3. The van der Waals surface area contributed by atoms with Crippen LogP contribution < -0.4 is 9.41 Å². The third-order valence-corrected chi connectivity index (χ3v) is 6.22. The predicted octanol–water partition coefficient (Wildman–Crippen LogP) is 2.00. The Balaban J connectivity index is 1.88. The van der Waals surface area contributed by atoms with Gasteiger partial charge in [0, 0.05) is 42.8 Å². The van der Waals surface area contributed by atoms with E-state index in [0.29, 0.717) is 16.5 Å². The van der Waals surface area contributed by atoms with Crippen molar-refractivity contribution >= 4 is 32.5 Å². The van der Waals surface area contributed by atoms with Crippen molar-refractivity contribution in [2.75, 3.05) is 17.6 Å². The highest BCUT2D eigenvalue weighted by Gasteiger charge is 2.34. The molecule has 1 amide bonds. The zero-order chi connectivity index (χ0) is 20.9. The first-order chi connectivity index (χ1) is 13.7. The van der Waals surface area contributed by atoms with Crippen LogP contribution in [0.2, 0.25) is 0 Å². The number of pyridine rings is 1. The lowest BCUT2D eigenvalue weighted by Gasteiger charge is -2.24. The van der Waals surface area contributed by atoms with E-state index in [0.717, 1.165) is 10.6 Å². The van der Waals surface area contributed by atoms with Crippen molar-refractivity contribution in [2.24, 2.45) is 0 Å². The molecule has 7 nitrogen and oxygen atoms in total. The number of carbonyl (C=O) groups is 1. The molecule has 1 aliphatic rings. The molecule has 0 bridgehead atoms. The van der Waals surface area contributed by atoms with Gasteiger partial charge in [0.15, 0.2) is 0 Å². The van der Waals surface area contributed by atoms with Gasteiger partial charge in [-0.05, 0) is 29.8 Å². The highest BCUT2D eigenvalue weighted by Crippen LogP contribution is 2.43. The predicted molar refractivity (Wildman–Crippen MR) is 104 cm³/mol. The van der Waals surface area contributed by atoms with Crippen LogP contribution in [0.25, 0.3) is 10.9 Å². The van der Waals surface area contributed by atoms with Crippen molar-refractivity contribution in [1.82, 2.24) is 9.88 Å². The van der Waals surface area contributed by atoms with Crippen LogP contribution in [-0.4, -0.2) is 37.5 Å². The Labute approximate surface area is 167 Å². The Morgan fingerprint density at radius 1 is 1.24 bits per heavy atom. The van der Waals surface area contributed by atoms with Crippen LogP contribution in [-0.2, 0) is 23.1 Å². The fourth-order valence-electron chi connectivity index (χ4n) is 3.58. The second-order valence-corrected chi connectivity index (χ2v) is 8.96. The lowest BCUT2D eigenvalue weighted by Crippen LogP contribution is -2.26. The standard InChI is InChI=1S/C20H18FN3O4S/c1-23(29(2,27)28)18-14-4-3-9-22-17(14)19(25)16-15(18)11-24(20(16)26)10-12-5-7-13(21)8-6-12/h3-9,25H,10-11H2,1-2H3/p-1. The summed E-state index contributed by atoms with van der Waals surface area (Å²) in [6.07, 6.45) is 2.48. The van der Waals surface area contributed by atoms with Crippen molar-refractivity contribution in [3.63, 3.8) is 0 Å². The van der Waals surface area contributed by atoms with Gasteiger partial charge in [-0.2, -0.15) is 0 Å². The molecule has 3 aromatic rings. The largest absolute Gasteiger partial charge is 0.870 e. The van der Waals surface area contributed by atoms with Crippen LogP contribution in [0.5, 0.6) is 5.75 Å². The van der Waals surface area contributed by atoms with Crippen LogP contribution in [0.4, 0.5) is 10.1 Å². The molecule has 1 aromatic heterocycles. The maximum Gasteiger partial charge on any atom is 0.254 e. The van der Waals surface area contributed by atoms with Crippen LogP contribution >= 0.6 is 0 Å². The summed E-state index contributed by atoms with van der Waals surface area (Å²) in [7, 11) is -2.26. The average molecular weight is 414 g/mol. The number of rotatable bonds is 4. The minimum absolute atomic E-state index is 0.0498. The van der Waals surface area contributed by atoms with Crippen molar-refractivity contribution in [3.8, 4) is 5.75 Å². The maximum atomic E-state index is 13.2. The lowest BCUT2D eigenvalue weighted by molar-refractivity contribution is -0.266. The number of hydrogen-bond acceptors (Lipinski definition) is 5. The SMILES string of the molecule is CN(c1c2c(c([O-])c3ncccc13)C(=O)N(Cc1ccc(F)cc1)C2)S(C)(=O)=O. The second kappa shape index (κ2) is 6.70. The van der Waals surface area contributed by atoms with Gasteiger partial charge in [0.05, 0.1) is 17.5 Å². The first-order valence-corrected chi connectivity index (χ1v) is 10.6. The molecule has 4 rings (SSSR count). The molecular formula is C20H17FN3O4S-. The van der Waals surface area contributed by atoms with E-state index in [9.17, 15) is 22.7 Å². The number of halogens is 1. The quantitative estimate of drug-likeness (QED) is 0.651. The molecule has 0 fully saturated rings. The van der Waals surface area contributed by atoms with E-state index < -0.39 is 21.7 Å². The molecule has 150 valence electrons. The molecule has 0 radical (unpaired) electrons. The smallest absolute Gasteiger partial charge is 0.254 e. The minimum Gasteiger partial charge on any atom is -0.870 e. The maximum absolute atomic E-state index is 13.2. The molecule has 9 heteroatoms. The molecule has 0 aliphatic carbocycles. The first-order valence-electron chi connectivity index (χ1n) is 8.76. The summed E-state index contributed by atoms with van der Waals surface area (Å²) < 4.78 is 38.7. The van der Waals surface area contributed by atoms with Gasteiger partial charge < -0.3 is 10.0 Å². The number of fused-ring (bicyclic) bond motifs is 2. The third kappa shape index (κ3) is 3.17. The molecule has 0 spiro atoms. The Morgan fingerprint density at radius 3 is 2.59 bits per heavy atom. The zero-order valence-electron chi connectivity index (χ0n) is 15.7. The normalized spacial score (nSPS) is 13.8. The van der Waals surface area contributed by atoms with Crippen molar-refractivity contribution in [2.45, 2.75) is 13.1 Å². The first kappa shape index (κ1) is 19.1. The van der Waals surface area contributed by atoms with Gasteiger partial charge in [0.2, 0.25) is 10.0 Å².